The SMILES string of the molecule is CCCN(CCO)CC(=O)Nc1cccc(CC)c1. The third kappa shape index (κ3) is 5.85. The fourth-order valence-electron chi connectivity index (χ4n) is 2.00. The number of aliphatic hydroxyl groups excluding tert-OH is 1. The Hall–Kier alpha value is -1.39. The van der Waals surface area contributed by atoms with E-state index in [1.807, 2.05) is 29.2 Å². The van der Waals surface area contributed by atoms with Gasteiger partial charge in [-0.3, -0.25) is 9.69 Å². The summed E-state index contributed by atoms with van der Waals surface area (Å²) in [7, 11) is 0. The quantitative estimate of drug-likeness (QED) is 0.754. The molecule has 0 unspecified atom stereocenters. The summed E-state index contributed by atoms with van der Waals surface area (Å²) in [5.74, 6) is -0.0323. The Morgan fingerprint density at radius 1 is 1.32 bits per heavy atom. The van der Waals surface area contributed by atoms with Gasteiger partial charge in [0.1, 0.15) is 0 Å². The van der Waals surface area contributed by atoms with Gasteiger partial charge in [-0.25, -0.2) is 0 Å². The number of hydrogen-bond acceptors (Lipinski definition) is 3. The van der Waals surface area contributed by atoms with Crippen LogP contribution in [-0.2, 0) is 11.2 Å². The first-order chi connectivity index (χ1) is 9.19. The van der Waals surface area contributed by atoms with Gasteiger partial charge in [-0.1, -0.05) is 26.0 Å². The molecule has 0 bridgehead atoms. The zero-order chi connectivity index (χ0) is 14.1. The van der Waals surface area contributed by atoms with Gasteiger partial charge in [0.25, 0.3) is 0 Å². The van der Waals surface area contributed by atoms with Crippen molar-refractivity contribution in [1.82, 2.24) is 4.90 Å². The molecule has 19 heavy (non-hydrogen) atoms. The molecule has 0 aliphatic heterocycles. The van der Waals surface area contributed by atoms with Crippen LogP contribution < -0.4 is 5.32 Å². The van der Waals surface area contributed by atoms with Crippen LogP contribution in [0.15, 0.2) is 24.3 Å². The maximum Gasteiger partial charge on any atom is 0.238 e. The van der Waals surface area contributed by atoms with Gasteiger partial charge < -0.3 is 10.4 Å². The summed E-state index contributed by atoms with van der Waals surface area (Å²) < 4.78 is 0. The van der Waals surface area contributed by atoms with E-state index < -0.39 is 0 Å². The molecule has 1 amide bonds. The average Bonchev–Trinajstić information content (AvgIpc) is 2.39. The predicted molar refractivity (Wildman–Crippen MR) is 78.3 cm³/mol. The number of anilines is 1. The second-order valence-electron chi connectivity index (χ2n) is 4.60. The van der Waals surface area contributed by atoms with Gasteiger partial charge in [0, 0.05) is 12.2 Å². The van der Waals surface area contributed by atoms with Gasteiger partial charge in [-0.15, -0.1) is 0 Å². The highest BCUT2D eigenvalue weighted by atomic mass is 16.3. The van der Waals surface area contributed by atoms with E-state index in [9.17, 15) is 4.79 Å². The Morgan fingerprint density at radius 3 is 2.74 bits per heavy atom. The first kappa shape index (κ1) is 15.7. The normalized spacial score (nSPS) is 10.7. The highest BCUT2D eigenvalue weighted by Crippen LogP contribution is 2.11. The van der Waals surface area contributed by atoms with Gasteiger partial charge in [0.15, 0.2) is 0 Å². The molecular formula is C15H24N2O2. The molecule has 0 radical (unpaired) electrons. The topological polar surface area (TPSA) is 52.6 Å². The Balaban J connectivity index is 2.53. The molecule has 0 heterocycles. The first-order valence-corrected chi connectivity index (χ1v) is 6.91. The minimum atomic E-state index is -0.0323. The van der Waals surface area contributed by atoms with Crippen LogP contribution in [0.3, 0.4) is 0 Å². The smallest absolute Gasteiger partial charge is 0.238 e. The van der Waals surface area contributed by atoms with Crippen LogP contribution in [0.1, 0.15) is 25.8 Å². The Labute approximate surface area is 115 Å². The number of nitrogens with one attached hydrogen (secondary N) is 1. The van der Waals surface area contributed by atoms with Crippen molar-refractivity contribution in [2.24, 2.45) is 0 Å². The molecule has 4 heteroatoms. The van der Waals surface area contributed by atoms with Crippen molar-refractivity contribution in [3.63, 3.8) is 0 Å². The molecule has 2 N–H and O–H groups in total. The lowest BCUT2D eigenvalue weighted by atomic mass is 10.1. The largest absolute Gasteiger partial charge is 0.395 e. The number of hydrogen-bond donors (Lipinski definition) is 2. The monoisotopic (exact) mass is 264 g/mol. The van der Waals surface area contributed by atoms with E-state index in [1.165, 1.54) is 5.56 Å². The summed E-state index contributed by atoms with van der Waals surface area (Å²) in [4.78, 5) is 13.9. The summed E-state index contributed by atoms with van der Waals surface area (Å²) in [6.45, 7) is 5.92. The summed E-state index contributed by atoms with van der Waals surface area (Å²) >= 11 is 0. The molecule has 0 saturated heterocycles. The molecule has 0 spiro atoms. The molecule has 106 valence electrons. The van der Waals surface area contributed by atoms with Crippen LogP contribution >= 0.6 is 0 Å². The number of aliphatic hydroxyl groups is 1. The molecule has 0 atom stereocenters. The number of aryl methyl sites for hydroxylation is 1. The predicted octanol–water partition coefficient (Wildman–Crippen LogP) is 1.89. The van der Waals surface area contributed by atoms with E-state index in [0.717, 1.165) is 25.1 Å². The summed E-state index contributed by atoms with van der Waals surface area (Å²) in [6, 6.07) is 7.89. The molecular weight excluding hydrogens is 240 g/mol. The van der Waals surface area contributed by atoms with E-state index in [1.54, 1.807) is 0 Å². The standard InChI is InChI=1S/C15H24N2O2/c1-3-8-17(9-10-18)12-15(19)16-14-7-5-6-13(4-2)11-14/h5-7,11,18H,3-4,8-10,12H2,1-2H3,(H,16,19). The fourth-order valence-corrected chi connectivity index (χ4v) is 2.00. The lowest BCUT2D eigenvalue weighted by Crippen LogP contribution is -2.35. The lowest BCUT2D eigenvalue weighted by molar-refractivity contribution is -0.117. The second-order valence-corrected chi connectivity index (χ2v) is 4.60. The molecule has 0 aliphatic carbocycles. The van der Waals surface area contributed by atoms with Gasteiger partial charge in [0.2, 0.25) is 5.91 Å². The lowest BCUT2D eigenvalue weighted by Gasteiger charge is -2.19. The molecule has 0 aromatic heterocycles. The van der Waals surface area contributed by atoms with Crippen LogP contribution in [0.2, 0.25) is 0 Å². The van der Waals surface area contributed by atoms with Crippen LogP contribution in [0.4, 0.5) is 5.69 Å². The summed E-state index contributed by atoms with van der Waals surface area (Å²) in [5.41, 5.74) is 2.04. The summed E-state index contributed by atoms with van der Waals surface area (Å²) in [5, 5.41) is 11.9. The average molecular weight is 264 g/mol. The van der Waals surface area contributed by atoms with Crippen molar-refractivity contribution >= 4 is 11.6 Å². The number of amides is 1. The fraction of sp³-hybridized carbons (Fsp3) is 0.533. The third-order valence-electron chi connectivity index (χ3n) is 2.94. The van der Waals surface area contributed by atoms with E-state index in [-0.39, 0.29) is 12.5 Å². The van der Waals surface area contributed by atoms with Crippen LogP contribution in [0.5, 0.6) is 0 Å². The number of rotatable bonds is 8. The maximum absolute atomic E-state index is 11.9. The van der Waals surface area contributed by atoms with Gasteiger partial charge in [0.05, 0.1) is 13.2 Å². The molecule has 1 rings (SSSR count). The Bertz CT molecular complexity index is 387. The van der Waals surface area contributed by atoms with Gasteiger partial charge in [-0.05, 0) is 37.1 Å². The zero-order valence-electron chi connectivity index (χ0n) is 11.9. The Kier molecular flexibility index (Phi) is 7.15. The molecule has 1 aromatic carbocycles. The van der Waals surface area contributed by atoms with Crippen molar-refractivity contribution in [2.75, 3.05) is 31.6 Å². The number of benzene rings is 1. The molecule has 4 nitrogen and oxygen atoms in total. The van der Waals surface area contributed by atoms with Crippen molar-refractivity contribution < 1.29 is 9.90 Å². The van der Waals surface area contributed by atoms with Crippen molar-refractivity contribution in [3.8, 4) is 0 Å². The highest BCUT2D eigenvalue weighted by molar-refractivity contribution is 5.92. The number of nitrogens with zero attached hydrogens (tertiary/aromatic N) is 1. The molecule has 0 aliphatic rings. The van der Waals surface area contributed by atoms with Crippen molar-refractivity contribution in [2.45, 2.75) is 26.7 Å². The summed E-state index contributed by atoms with van der Waals surface area (Å²) in [6.07, 6.45) is 1.93. The number of carbonyl (C=O) groups is 1. The minimum absolute atomic E-state index is 0.0323. The molecule has 0 fully saturated rings. The maximum atomic E-state index is 11.9. The Morgan fingerprint density at radius 2 is 2.11 bits per heavy atom. The second kappa shape index (κ2) is 8.67. The van der Waals surface area contributed by atoms with Crippen molar-refractivity contribution in [3.05, 3.63) is 29.8 Å². The van der Waals surface area contributed by atoms with Crippen LogP contribution in [0, 0.1) is 0 Å². The first-order valence-electron chi connectivity index (χ1n) is 6.91. The van der Waals surface area contributed by atoms with E-state index in [4.69, 9.17) is 5.11 Å². The van der Waals surface area contributed by atoms with Crippen LogP contribution in [0.25, 0.3) is 0 Å². The van der Waals surface area contributed by atoms with Crippen LogP contribution in [-0.4, -0.2) is 42.2 Å². The minimum Gasteiger partial charge on any atom is -0.395 e. The highest BCUT2D eigenvalue weighted by Gasteiger charge is 2.09. The van der Waals surface area contributed by atoms with Gasteiger partial charge >= 0.3 is 0 Å². The number of carbonyl (C=O) groups excluding carboxylic acids is 1. The zero-order valence-corrected chi connectivity index (χ0v) is 11.9. The van der Waals surface area contributed by atoms with Gasteiger partial charge in [-0.2, -0.15) is 0 Å². The van der Waals surface area contributed by atoms with E-state index in [2.05, 4.69) is 19.2 Å². The van der Waals surface area contributed by atoms with E-state index >= 15 is 0 Å². The molecule has 0 saturated carbocycles. The molecule has 1 aromatic rings. The van der Waals surface area contributed by atoms with Crippen molar-refractivity contribution in [1.29, 1.82) is 0 Å². The third-order valence-corrected chi connectivity index (χ3v) is 2.94. The van der Waals surface area contributed by atoms with E-state index in [0.29, 0.717) is 13.1 Å².